The number of nitrogens with zero attached hydrogens (tertiary/aromatic N) is 2. The second-order valence-electron chi connectivity index (χ2n) is 7.57. The summed E-state index contributed by atoms with van der Waals surface area (Å²) in [6, 6.07) is 3.88. The minimum atomic E-state index is -0.0594. The second kappa shape index (κ2) is 10.4. The zero-order chi connectivity index (χ0) is 20.1. The molecule has 2 heterocycles. The standard InChI is InChI=1S/C20H27ClN4O3.HI/c1-20(2,3)16-11-24-17(28-16)12-25-19(22-4)23-6-5-13-9-14(21)18-15(10-13)26-7-8-27-18;/h9-11H,5-8,12H2,1-4H3,(H2,22,23,25);1H. The van der Waals surface area contributed by atoms with Gasteiger partial charge < -0.3 is 24.5 Å². The Morgan fingerprint density at radius 3 is 2.66 bits per heavy atom. The predicted octanol–water partition coefficient (Wildman–Crippen LogP) is 3.92. The quantitative estimate of drug-likeness (QED) is 0.344. The van der Waals surface area contributed by atoms with Crippen molar-refractivity contribution < 1.29 is 13.9 Å². The second-order valence-corrected chi connectivity index (χ2v) is 7.98. The minimum absolute atomic E-state index is 0. The number of rotatable bonds is 5. The molecule has 1 aromatic heterocycles. The SMILES string of the molecule is CN=C(NCCc1cc(Cl)c2c(c1)OCCO2)NCc1ncc(C(C)(C)C)o1.I. The molecule has 1 aliphatic rings. The van der Waals surface area contributed by atoms with Crippen LogP contribution in [0, 0.1) is 0 Å². The van der Waals surface area contributed by atoms with Crippen LogP contribution in [0.15, 0.2) is 27.7 Å². The summed E-state index contributed by atoms with van der Waals surface area (Å²) in [4.78, 5) is 8.55. The van der Waals surface area contributed by atoms with E-state index in [0.29, 0.717) is 54.7 Å². The Morgan fingerprint density at radius 1 is 1.21 bits per heavy atom. The first-order valence-electron chi connectivity index (χ1n) is 9.34. The lowest BCUT2D eigenvalue weighted by molar-refractivity contribution is 0.171. The van der Waals surface area contributed by atoms with E-state index in [2.05, 4.69) is 41.4 Å². The van der Waals surface area contributed by atoms with Crippen LogP contribution < -0.4 is 20.1 Å². The van der Waals surface area contributed by atoms with Gasteiger partial charge in [-0.2, -0.15) is 0 Å². The summed E-state index contributed by atoms with van der Waals surface area (Å²) in [5.41, 5.74) is 1.01. The summed E-state index contributed by atoms with van der Waals surface area (Å²) < 4.78 is 17.0. The number of guanidine groups is 1. The fourth-order valence-corrected chi connectivity index (χ4v) is 3.04. The third kappa shape index (κ3) is 6.40. The molecule has 0 spiro atoms. The molecule has 0 aliphatic carbocycles. The van der Waals surface area contributed by atoms with Crippen LogP contribution in [0.4, 0.5) is 0 Å². The maximum atomic E-state index is 6.29. The first-order valence-corrected chi connectivity index (χ1v) is 9.72. The third-order valence-corrected chi connectivity index (χ3v) is 4.57. The van der Waals surface area contributed by atoms with Crippen molar-refractivity contribution in [3.63, 3.8) is 0 Å². The molecule has 0 atom stereocenters. The molecule has 29 heavy (non-hydrogen) atoms. The molecule has 160 valence electrons. The van der Waals surface area contributed by atoms with E-state index in [1.165, 1.54) is 0 Å². The Balaban J connectivity index is 0.00000300. The largest absolute Gasteiger partial charge is 0.486 e. The van der Waals surface area contributed by atoms with Gasteiger partial charge >= 0.3 is 0 Å². The maximum absolute atomic E-state index is 6.29. The molecular formula is C20H28ClIN4O3. The number of nitrogens with one attached hydrogen (secondary N) is 2. The van der Waals surface area contributed by atoms with Gasteiger partial charge in [0.15, 0.2) is 17.5 Å². The molecule has 0 saturated heterocycles. The molecule has 2 N–H and O–H groups in total. The summed E-state index contributed by atoms with van der Waals surface area (Å²) in [5, 5.41) is 7.07. The van der Waals surface area contributed by atoms with Gasteiger partial charge in [-0.3, -0.25) is 4.99 Å². The molecule has 0 saturated carbocycles. The number of hydrogen-bond donors (Lipinski definition) is 2. The Morgan fingerprint density at radius 2 is 1.97 bits per heavy atom. The normalized spacial score (nSPS) is 13.6. The lowest BCUT2D eigenvalue weighted by Crippen LogP contribution is -2.37. The van der Waals surface area contributed by atoms with Crippen LogP contribution >= 0.6 is 35.6 Å². The molecule has 0 amide bonds. The fraction of sp³-hybridized carbons (Fsp3) is 0.500. The average Bonchev–Trinajstić information content (AvgIpc) is 3.14. The van der Waals surface area contributed by atoms with E-state index in [9.17, 15) is 0 Å². The molecule has 0 radical (unpaired) electrons. The Hall–Kier alpha value is -1.68. The first-order chi connectivity index (χ1) is 13.4. The van der Waals surface area contributed by atoms with Gasteiger partial charge in [0.25, 0.3) is 0 Å². The van der Waals surface area contributed by atoms with Gasteiger partial charge in [-0.15, -0.1) is 24.0 Å². The van der Waals surface area contributed by atoms with E-state index in [4.69, 9.17) is 25.5 Å². The van der Waals surface area contributed by atoms with Crippen LogP contribution in [0.2, 0.25) is 5.02 Å². The van der Waals surface area contributed by atoms with Gasteiger partial charge in [0.05, 0.1) is 17.8 Å². The number of ether oxygens (including phenoxy) is 2. The van der Waals surface area contributed by atoms with Crippen molar-refractivity contribution in [1.29, 1.82) is 0 Å². The summed E-state index contributed by atoms with van der Waals surface area (Å²) in [5.74, 6) is 3.51. The highest BCUT2D eigenvalue weighted by molar-refractivity contribution is 14.0. The van der Waals surface area contributed by atoms with Gasteiger partial charge in [-0.1, -0.05) is 32.4 Å². The van der Waals surface area contributed by atoms with Crippen LogP contribution in [0.1, 0.15) is 38.0 Å². The monoisotopic (exact) mass is 534 g/mol. The Labute approximate surface area is 193 Å². The number of aliphatic imine (C=N–C) groups is 1. The number of benzene rings is 1. The van der Waals surface area contributed by atoms with E-state index in [1.54, 1.807) is 13.2 Å². The van der Waals surface area contributed by atoms with Crippen molar-refractivity contribution in [2.24, 2.45) is 4.99 Å². The Bertz CT molecular complexity index is 849. The van der Waals surface area contributed by atoms with E-state index in [1.807, 2.05) is 12.1 Å². The van der Waals surface area contributed by atoms with E-state index in [0.717, 1.165) is 17.7 Å². The first kappa shape index (κ1) is 23.6. The molecule has 1 aromatic carbocycles. The van der Waals surface area contributed by atoms with Crippen LogP contribution in [0.5, 0.6) is 11.5 Å². The predicted molar refractivity (Wildman–Crippen MR) is 125 cm³/mol. The third-order valence-electron chi connectivity index (χ3n) is 4.29. The summed E-state index contributed by atoms with van der Waals surface area (Å²) in [6.45, 7) is 8.50. The summed E-state index contributed by atoms with van der Waals surface area (Å²) >= 11 is 6.29. The van der Waals surface area contributed by atoms with Crippen LogP contribution in [-0.4, -0.2) is 37.7 Å². The highest BCUT2D eigenvalue weighted by Gasteiger charge is 2.19. The van der Waals surface area contributed by atoms with Crippen LogP contribution in [-0.2, 0) is 18.4 Å². The number of oxazole rings is 1. The molecule has 3 rings (SSSR count). The molecule has 7 nitrogen and oxygen atoms in total. The zero-order valence-corrected chi connectivity index (χ0v) is 20.3. The van der Waals surface area contributed by atoms with Crippen molar-refractivity contribution in [3.05, 3.63) is 40.6 Å². The Kier molecular flexibility index (Phi) is 8.45. The van der Waals surface area contributed by atoms with Gasteiger partial charge in [0, 0.05) is 19.0 Å². The van der Waals surface area contributed by atoms with Gasteiger partial charge in [-0.05, 0) is 24.1 Å². The number of aromatic nitrogens is 1. The molecular weight excluding hydrogens is 507 g/mol. The maximum Gasteiger partial charge on any atom is 0.213 e. The van der Waals surface area contributed by atoms with Crippen molar-refractivity contribution in [3.8, 4) is 11.5 Å². The molecule has 0 bridgehead atoms. The highest BCUT2D eigenvalue weighted by Crippen LogP contribution is 2.38. The number of fused-ring (bicyclic) bond motifs is 1. The smallest absolute Gasteiger partial charge is 0.213 e. The minimum Gasteiger partial charge on any atom is -0.486 e. The summed E-state index contributed by atoms with van der Waals surface area (Å²) in [7, 11) is 1.73. The zero-order valence-electron chi connectivity index (χ0n) is 17.2. The van der Waals surface area contributed by atoms with Crippen LogP contribution in [0.3, 0.4) is 0 Å². The highest BCUT2D eigenvalue weighted by atomic mass is 127. The van der Waals surface area contributed by atoms with Crippen LogP contribution in [0.25, 0.3) is 0 Å². The molecule has 9 heteroatoms. The van der Waals surface area contributed by atoms with Crippen molar-refractivity contribution >= 4 is 41.5 Å². The van der Waals surface area contributed by atoms with Gasteiger partial charge in [-0.25, -0.2) is 4.98 Å². The molecule has 1 aliphatic heterocycles. The number of hydrogen-bond acceptors (Lipinski definition) is 5. The lowest BCUT2D eigenvalue weighted by Gasteiger charge is -2.20. The molecule has 0 unspecified atom stereocenters. The fourth-order valence-electron chi connectivity index (χ4n) is 2.75. The van der Waals surface area contributed by atoms with Gasteiger partial charge in [0.1, 0.15) is 19.0 Å². The van der Waals surface area contributed by atoms with Crippen molar-refractivity contribution in [2.45, 2.75) is 39.2 Å². The van der Waals surface area contributed by atoms with E-state index < -0.39 is 0 Å². The molecule has 2 aromatic rings. The molecule has 0 fully saturated rings. The lowest BCUT2D eigenvalue weighted by atomic mass is 9.94. The van der Waals surface area contributed by atoms with Crippen molar-refractivity contribution in [2.75, 3.05) is 26.8 Å². The van der Waals surface area contributed by atoms with E-state index in [-0.39, 0.29) is 29.4 Å². The van der Waals surface area contributed by atoms with Gasteiger partial charge in [0.2, 0.25) is 5.89 Å². The average molecular weight is 535 g/mol. The summed E-state index contributed by atoms with van der Waals surface area (Å²) in [6.07, 6.45) is 2.54. The topological polar surface area (TPSA) is 80.9 Å². The van der Waals surface area contributed by atoms with E-state index >= 15 is 0 Å². The number of halogens is 2. The van der Waals surface area contributed by atoms with Crippen molar-refractivity contribution in [1.82, 2.24) is 15.6 Å².